The van der Waals surface area contributed by atoms with Crippen LogP contribution in [0, 0.1) is 11.6 Å². The molecule has 0 saturated heterocycles. The van der Waals surface area contributed by atoms with Crippen molar-refractivity contribution in [2.45, 2.75) is 6.54 Å². The molecule has 1 aromatic heterocycles. The summed E-state index contributed by atoms with van der Waals surface area (Å²) >= 11 is 1.65. The normalized spacial score (nSPS) is 13.8. The molecular formula is C22H22F2N4S. The van der Waals surface area contributed by atoms with Crippen molar-refractivity contribution in [1.29, 1.82) is 0 Å². The van der Waals surface area contributed by atoms with Crippen molar-refractivity contribution < 1.29 is 8.78 Å². The van der Waals surface area contributed by atoms with Gasteiger partial charge in [0.2, 0.25) is 0 Å². The molecule has 0 fully saturated rings. The molecule has 3 aromatic rings. The van der Waals surface area contributed by atoms with Crippen LogP contribution >= 0.6 is 11.9 Å². The zero-order valence-corrected chi connectivity index (χ0v) is 17.1. The number of halogens is 2. The van der Waals surface area contributed by atoms with Crippen molar-refractivity contribution in [1.82, 2.24) is 14.2 Å². The molecule has 1 aliphatic rings. The number of anilines is 2. The molecule has 2 N–H and O–H groups in total. The van der Waals surface area contributed by atoms with Gasteiger partial charge in [-0.15, -0.1) is 0 Å². The molecule has 0 aliphatic carbocycles. The van der Waals surface area contributed by atoms with Gasteiger partial charge in [-0.05, 0) is 54.9 Å². The topological polar surface area (TPSA) is 32.2 Å². The van der Waals surface area contributed by atoms with Gasteiger partial charge in [0, 0.05) is 60.3 Å². The van der Waals surface area contributed by atoms with Crippen molar-refractivity contribution in [2.24, 2.45) is 0 Å². The molecule has 7 heteroatoms. The van der Waals surface area contributed by atoms with Crippen LogP contribution in [0.4, 0.5) is 20.2 Å². The predicted molar refractivity (Wildman–Crippen MR) is 117 cm³/mol. The minimum Gasteiger partial charge on any atom is -0.376 e. The number of likely N-dealkylation sites (N-methyl/N-ethyl adjacent to an activating group) is 1. The maximum Gasteiger partial charge on any atom is 0.160 e. The third kappa shape index (κ3) is 4.31. The number of nitrogens with one attached hydrogen (secondary N) is 2. The average molecular weight is 413 g/mol. The van der Waals surface area contributed by atoms with E-state index in [9.17, 15) is 8.78 Å². The summed E-state index contributed by atoms with van der Waals surface area (Å²) in [5.41, 5.74) is 3.56. The van der Waals surface area contributed by atoms with Crippen molar-refractivity contribution in [3.05, 3.63) is 83.1 Å². The summed E-state index contributed by atoms with van der Waals surface area (Å²) in [6.07, 6.45) is 8.52. The number of hydrogen-bond acceptors (Lipinski definition) is 4. The van der Waals surface area contributed by atoms with E-state index in [1.54, 1.807) is 11.9 Å². The SMILES string of the molecule is CNCc1cn(SC2=CN(C)CC=C2)c2cc(Nc3ccc(F)c(F)c3)ccc12. The van der Waals surface area contributed by atoms with Gasteiger partial charge in [-0.1, -0.05) is 12.1 Å². The number of rotatable bonds is 6. The molecule has 2 heterocycles. The lowest BCUT2D eigenvalue weighted by Gasteiger charge is -2.17. The predicted octanol–water partition coefficient (Wildman–Crippen LogP) is 5.22. The highest BCUT2D eigenvalue weighted by Gasteiger charge is 2.12. The smallest absolute Gasteiger partial charge is 0.160 e. The maximum atomic E-state index is 13.5. The fourth-order valence-electron chi connectivity index (χ4n) is 3.31. The van der Waals surface area contributed by atoms with Gasteiger partial charge in [0.25, 0.3) is 0 Å². The number of hydrogen-bond donors (Lipinski definition) is 2. The summed E-state index contributed by atoms with van der Waals surface area (Å²) in [4.78, 5) is 3.28. The Hall–Kier alpha value is -2.77. The van der Waals surface area contributed by atoms with Gasteiger partial charge in [0.15, 0.2) is 11.6 Å². The molecule has 2 aromatic carbocycles. The Morgan fingerprint density at radius 3 is 2.62 bits per heavy atom. The van der Waals surface area contributed by atoms with E-state index in [4.69, 9.17) is 0 Å². The first kappa shape index (κ1) is 19.5. The fraction of sp³-hybridized carbons (Fsp3) is 0.182. The summed E-state index contributed by atoms with van der Waals surface area (Å²) in [6, 6.07) is 9.84. The van der Waals surface area contributed by atoms with Crippen LogP contribution in [-0.2, 0) is 6.54 Å². The molecule has 1 aliphatic heterocycles. The van der Waals surface area contributed by atoms with Crippen LogP contribution in [0.3, 0.4) is 0 Å². The highest BCUT2D eigenvalue weighted by Crippen LogP contribution is 2.33. The minimum absolute atomic E-state index is 0.504. The Kier molecular flexibility index (Phi) is 5.60. The standard InChI is InChI=1S/C22H22F2N4S/c1-25-12-15-13-28(29-18-4-3-9-27(2)14-18)22-11-17(5-7-19(15)22)26-16-6-8-20(23)21(24)10-16/h3-8,10-11,13-14,25-26H,9,12H2,1-2H3. The van der Waals surface area contributed by atoms with Crippen molar-refractivity contribution in [3.8, 4) is 0 Å². The molecule has 4 rings (SSSR count). The first-order chi connectivity index (χ1) is 14.0. The zero-order valence-electron chi connectivity index (χ0n) is 16.2. The van der Waals surface area contributed by atoms with Crippen molar-refractivity contribution in [2.75, 3.05) is 26.0 Å². The molecular weight excluding hydrogens is 390 g/mol. The summed E-state index contributed by atoms with van der Waals surface area (Å²) in [5.74, 6) is -1.72. The lowest BCUT2D eigenvalue weighted by Crippen LogP contribution is -2.13. The second-order valence-electron chi connectivity index (χ2n) is 6.96. The molecule has 29 heavy (non-hydrogen) atoms. The van der Waals surface area contributed by atoms with E-state index in [1.807, 2.05) is 26.2 Å². The fourth-order valence-corrected chi connectivity index (χ4v) is 4.35. The van der Waals surface area contributed by atoms with E-state index in [1.165, 1.54) is 11.6 Å². The molecule has 150 valence electrons. The van der Waals surface area contributed by atoms with E-state index in [0.29, 0.717) is 5.69 Å². The van der Waals surface area contributed by atoms with E-state index in [0.717, 1.165) is 46.7 Å². The van der Waals surface area contributed by atoms with Gasteiger partial charge in [0.05, 0.1) is 5.52 Å². The van der Waals surface area contributed by atoms with E-state index in [2.05, 4.69) is 50.1 Å². The number of benzene rings is 2. The highest BCUT2D eigenvalue weighted by atomic mass is 32.2. The number of fused-ring (bicyclic) bond motifs is 1. The van der Waals surface area contributed by atoms with Crippen LogP contribution in [0.25, 0.3) is 10.9 Å². The first-order valence-corrected chi connectivity index (χ1v) is 10.1. The molecule has 0 saturated carbocycles. The number of nitrogens with zero attached hydrogens (tertiary/aromatic N) is 2. The first-order valence-electron chi connectivity index (χ1n) is 9.31. The van der Waals surface area contributed by atoms with Gasteiger partial charge in [0.1, 0.15) is 0 Å². The maximum absolute atomic E-state index is 13.5. The minimum atomic E-state index is -0.869. The van der Waals surface area contributed by atoms with Crippen LogP contribution < -0.4 is 10.6 Å². The van der Waals surface area contributed by atoms with Crippen LogP contribution in [0.5, 0.6) is 0 Å². The lowest BCUT2D eigenvalue weighted by molar-refractivity contribution is 0.503. The molecule has 0 spiro atoms. The molecule has 0 radical (unpaired) electrons. The van der Waals surface area contributed by atoms with Crippen LogP contribution in [0.2, 0.25) is 0 Å². The van der Waals surface area contributed by atoms with Crippen LogP contribution in [-0.4, -0.2) is 29.5 Å². The van der Waals surface area contributed by atoms with Gasteiger partial charge in [-0.2, -0.15) is 0 Å². The van der Waals surface area contributed by atoms with E-state index >= 15 is 0 Å². The summed E-state index contributed by atoms with van der Waals surface area (Å²) in [7, 11) is 3.98. The van der Waals surface area contributed by atoms with Crippen molar-refractivity contribution >= 4 is 34.2 Å². The monoisotopic (exact) mass is 412 g/mol. The van der Waals surface area contributed by atoms with Crippen LogP contribution in [0.15, 0.2) is 65.9 Å². The molecule has 0 unspecified atom stereocenters. The summed E-state index contributed by atoms with van der Waals surface area (Å²) < 4.78 is 28.9. The van der Waals surface area contributed by atoms with Crippen LogP contribution in [0.1, 0.15) is 5.56 Å². The second-order valence-corrected chi connectivity index (χ2v) is 8.01. The van der Waals surface area contributed by atoms with Gasteiger partial charge >= 0.3 is 0 Å². The molecule has 0 bridgehead atoms. The zero-order chi connectivity index (χ0) is 20.4. The molecule has 0 amide bonds. The van der Waals surface area contributed by atoms with E-state index in [-0.39, 0.29) is 0 Å². The Balaban J connectivity index is 1.69. The number of aromatic nitrogens is 1. The summed E-state index contributed by atoms with van der Waals surface area (Å²) in [5, 5.41) is 7.52. The Bertz CT molecular complexity index is 1100. The van der Waals surface area contributed by atoms with E-state index < -0.39 is 11.6 Å². The van der Waals surface area contributed by atoms with Gasteiger partial charge in [-0.3, -0.25) is 3.97 Å². The Morgan fingerprint density at radius 1 is 1.07 bits per heavy atom. The van der Waals surface area contributed by atoms with Crippen molar-refractivity contribution in [3.63, 3.8) is 0 Å². The Labute approximate surface area is 173 Å². The highest BCUT2D eigenvalue weighted by molar-refractivity contribution is 8.02. The molecule has 4 nitrogen and oxygen atoms in total. The average Bonchev–Trinajstić information content (AvgIpc) is 3.02. The third-order valence-electron chi connectivity index (χ3n) is 4.66. The number of allylic oxidation sites excluding steroid dienone is 1. The lowest BCUT2D eigenvalue weighted by atomic mass is 10.1. The molecule has 0 atom stereocenters. The van der Waals surface area contributed by atoms with Gasteiger partial charge in [-0.25, -0.2) is 8.78 Å². The largest absolute Gasteiger partial charge is 0.376 e. The summed E-state index contributed by atoms with van der Waals surface area (Å²) in [6.45, 7) is 1.67. The quantitative estimate of drug-likeness (QED) is 0.581. The second kappa shape index (κ2) is 8.31. The Morgan fingerprint density at radius 2 is 1.86 bits per heavy atom. The third-order valence-corrected chi connectivity index (χ3v) is 5.61. The van der Waals surface area contributed by atoms with Gasteiger partial charge < -0.3 is 15.5 Å².